The number of hydrogen-bond acceptors (Lipinski definition) is 1. The Hall–Kier alpha value is -1.83. The summed E-state index contributed by atoms with van der Waals surface area (Å²) < 4.78 is 19.0. The SMILES string of the molecule is C=Cc1ccc(-c2ccc(C)o2)c(F)c1. The van der Waals surface area contributed by atoms with E-state index in [1.165, 1.54) is 6.07 Å². The lowest BCUT2D eigenvalue weighted by molar-refractivity contribution is 0.540. The van der Waals surface area contributed by atoms with Crippen molar-refractivity contribution in [2.24, 2.45) is 0 Å². The lowest BCUT2D eigenvalue weighted by atomic mass is 10.1. The van der Waals surface area contributed by atoms with Crippen LogP contribution in [-0.4, -0.2) is 0 Å². The minimum Gasteiger partial charge on any atom is -0.461 e. The Kier molecular flexibility index (Phi) is 2.42. The predicted molar refractivity (Wildman–Crippen MR) is 58.9 cm³/mol. The second-order valence-electron chi connectivity index (χ2n) is 3.35. The normalized spacial score (nSPS) is 10.3. The monoisotopic (exact) mass is 202 g/mol. The van der Waals surface area contributed by atoms with Crippen molar-refractivity contribution in [2.45, 2.75) is 6.92 Å². The molecule has 0 bridgehead atoms. The van der Waals surface area contributed by atoms with E-state index in [1.54, 1.807) is 18.2 Å². The van der Waals surface area contributed by atoms with Crippen molar-refractivity contribution < 1.29 is 8.81 Å². The van der Waals surface area contributed by atoms with Crippen LogP contribution < -0.4 is 0 Å². The van der Waals surface area contributed by atoms with Gasteiger partial charge in [0.25, 0.3) is 0 Å². The summed E-state index contributed by atoms with van der Waals surface area (Å²) in [6.07, 6.45) is 1.61. The lowest BCUT2D eigenvalue weighted by Gasteiger charge is -2.00. The Bertz CT molecular complexity index is 497. The van der Waals surface area contributed by atoms with Crippen molar-refractivity contribution in [3.05, 3.63) is 54.1 Å². The fourth-order valence-corrected chi connectivity index (χ4v) is 1.44. The van der Waals surface area contributed by atoms with Crippen LogP contribution in [0.15, 0.2) is 41.3 Å². The van der Waals surface area contributed by atoms with Crippen LogP contribution in [-0.2, 0) is 0 Å². The topological polar surface area (TPSA) is 13.1 Å². The minimum atomic E-state index is -0.290. The Labute approximate surface area is 87.9 Å². The molecule has 1 aromatic heterocycles. The zero-order valence-electron chi connectivity index (χ0n) is 8.46. The van der Waals surface area contributed by atoms with Crippen molar-refractivity contribution in [1.82, 2.24) is 0 Å². The molecule has 1 nitrogen and oxygen atoms in total. The summed E-state index contributed by atoms with van der Waals surface area (Å²) in [4.78, 5) is 0. The van der Waals surface area contributed by atoms with E-state index in [1.807, 2.05) is 19.1 Å². The van der Waals surface area contributed by atoms with Crippen molar-refractivity contribution >= 4 is 6.08 Å². The van der Waals surface area contributed by atoms with Gasteiger partial charge in [0.2, 0.25) is 0 Å². The largest absolute Gasteiger partial charge is 0.461 e. The summed E-state index contributed by atoms with van der Waals surface area (Å²) in [5.41, 5.74) is 1.24. The Morgan fingerprint density at radius 2 is 2.07 bits per heavy atom. The zero-order valence-corrected chi connectivity index (χ0v) is 8.46. The summed E-state index contributed by atoms with van der Waals surface area (Å²) in [6, 6.07) is 8.53. The Balaban J connectivity index is 2.49. The second-order valence-corrected chi connectivity index (χ2v) is 3.35. The van der Waals surface area contributed by atoms with Gasteiger partial charge in [-0.05, 0) is 36.8 Å². The molecule has 0 spiro atoms. The van der Waals surface area contributed by atoms with Gasteiger partial charge in [0, 0.05) is 0 Å². The van der Waals surface area contributed by atoms with E-state index in [0.29, 0.717) is 11.3 Å². The molecule has 0 saturated carbocycles. The third-order valence-electron chi connectivity index (χ3n) is 2.23. The molecule has 0 atom stereocenters. The van der Waals surface area contributed by atoms with E-state index in [0.717, 1.165) is 11.3 Å². The molecule has 1 heterocycles. The van der Waals surface area contributed by atoms with Gasteiger partial charge in [0.1, 0.15) is 17.3 Å². The summed E-state index contributed by atoms with van der Waals surface area (Å²) in [5, 5.41) is 0. The third kappa shape index (κ3) is 1.84. The lowest BCUT2D eigenvalue weighted by Crippen LogP contribution is -1.83. The van der Waals surface area contributed by atoms with Gasteiger partial charge in [0.15, 0.2) is 0 Å². The van der Waals surface area contributed by atoms with Crippen molar-refractivity contribution in [3.8, 4) is 11.3 Å². The van der Waals surface area contributed by atoms with Gasteiger partial charge in [0.05, 0.1) is 5.56 Å². The van der Waals surface area contributed by atoms with E-state index in [9.17, 15) is 4.39 Å². The van der Waals surface area contributed by atoms with Crippen LogP contribution in [0.4, 0.5) is 4.39 Å². The van der Waals surface area contributed by atoms with Crippen LogP contribution >= 0.6 is 0 Å². The van der Waals surface area contributed by atoms with Gasteiger partial charge in [-0.2, -0.15) is 0 Å². The average Bonchev–Trinajstić information content (AvgIpc) is 2.64. The predicted octanol–water partition coefficient (Wildman–Crippen LogP) is 4.04. The third-order valence-corrected chi connectivity index (χ3v) is 2.23. The maximum absolute atomic E-state index is 13.6. The van der Waals surface area contributed by atoms with Gasteiger partial charge in [-0.25, -0.2) is 4.39 Å². The van der Waals surface area contributed by atoms with E-state index in [4.69, 9.17) is 4.42 Å². The molecule has 1 aromatic carbocycles. The maximum atomic E-state index is 13.6. The van der Waals surface area contributed by atoms with Crippen LogP contribution in [0.1, 0.15) is 11.3 Å². The van der Waals surface area contributed by atoms with Gasteiger partial charge in [-0.15, -0.1) is 0 Å². The second kappa shape index (κ2) is 3.73. The van der Waals surface area contributed by atoms with E-state index in [-0.39, 0.29) is 5.82 Å². The molecule has 0 N–H and O–H groups in total. The molecule has 0 aliphatic heterocycles. The first-order valence-electron chi connectivity index (χ1n) is 4.69. The molecular weight excluding hydrogens is 191 g/mol. The smallest absolute Gasteiger partial charge is 0.137 e. The zero-order chi connectivity index (χ0) is 10.8. The van der Waals surface area contributed by atoms with Crippen LogP contribution in [0.5, 0.6) is 0 Å². The highest BCUT2D eigenvalue weighted by Gasteiger charge is 2.08. The number of rotatable bonds is 2. The molecule has 2 aromatic rings. The number of furan rings is 1. The first-order chi connectivity index (χ1) is 7.20. The number of aryl methyl sites for hydroxylation is 1. The number of benzene rings is 1. The molecular formula is C13H11FO. The van der Waals surface area contributed by atoms with E-state index in [2.05, 4.69) is 6.58 Å². The molecule has 0 radical (unpaired) electrons. The Morgan fingerprint density at radius 3 is 2.60 bits per heavy atom. The van der Waals surface area contributed by atoms with Gasteiger partial charge in [-0.1, -0.05) is 18.7 Å². The summed E-state index contributed by atoms with van der Waals surface area (Å²) in [7, 11) is 0. The van der Waals surface area contributed by atoms with Crippen LogP contribution in [0.2, 0.25) is 0 Å². The fourth-order valence-electron chi connectivity index (χ4n) is 1.44. The standard InChI is InChI=1S/C13H11FO/c1-3-10-5-6-11(12(14)8-10)13-7-4-9(2)15-13/h3-8H,1H2,2H3. The molecule has 0 unspecified atom stereocenters. The molecule has 2 rings (SSSR count). The molecule has 0 aliphatic rings. The van der Waals surface area contributed by atoms with Crippen molar-refractivity contribution in [3.63, 3.8) is 0 Å². The van der Waals surface area contributed by atoms with Gasteiger partial charge in [-0.3, -0.25) is 0 Å². The first kappa shape index (κ1) is 9.71. The highest BCUT2D eigenvalue weighted by atomic mass is 19.1. The summed E-state index contributed by atoms with van der Waals surface area (Å²) in [5.74, 6) is 1.04. The fraction of sp³-hybridized carbons (Fsp3) is 0.0769. The molecule has 2 heteroatoms. The number of halogens is 1. The quantitative estimate of drug-likeness (QED) is 0.716. The molecule has 0 fully saturated rings. The molecule has 76 valence electrons. The molecule has 0 aliphatic carbocycles. The maximum Gasteiger partial charge on any atom is 0.137 e. The summed E-state index contributed by atoms with van der Waals surface area (Å²) >= 11 is 0. The first-order valence-corrected chi connectivity index (χ1v) is 4.69. The van der Waals surface area contributed by atoms with Crippen molar-refractivity contribution in [2.75, 3.05) is 0 Å². The van der Waals surface area contributed by atoms with Crippen molar-refractivity contribution in [1.29, 1.82) is 0 Å². The molecule has 0 amide bonds. The van der Waals surface area contributed by atoms with Crippen LogP contribution in [0.3, 0.4) is 0 Å². The molecule has 0 saturated heterocycles. The van der Waals surface area contributed by atoms with Gasteiger partial charge >= 0.3 is 0 Å². The van der Waals surface area contributed by atoms with E-state index >= 15 is 0 Å². The average molecular weight is 202 g/mol. The summed E-state index contributed by atoms with van der Waals surface area (Å²) in [6.45, 7) is 5.42. The highest BCUT2D eigenvalue weighted by molar-refractivity contribution is 5.61. The molecule has 15 heavy (non-hydrogen) atoms. The Morgan fingerprint density at radius 1 is 1.27 bits per heavy atom. The minimum absolute atomic E-state index is 0.290. The van der Waals surface area contributed by atoms with Crippen LogP contribution in [0, 0.1) is 12.7 Å². The van der Waals surface area contributed by atoms with E-state index < -0.39 is 0 Å². The number of hydrogen-bond donors (Lipinski definition) is 0. The van der Waals surface area contributed by atoms with Gasteiger partial charge < -0.3 is 4.42 Å². The van der Waals surface area contributed by atoms with Crippen LogP contribution in [0.25, 0.3) is 17.4 Å². The highest BCUT2D eigenvalue weighted by Crippen LogP contribution is 2.25.